The monoisotopic (exact) mass is 370 g/mol. The lowest BCUT2D eigenvalue weighted by atomic mass is 10.1. The van der Waals surface area contributed by atoms with E-state index in [4.69, 9.17) is 11.6 Å². The van der Waals surface area contributed by atoms with Crippen molar-refractivity contribution in [3.63, 3.8) is 0 Å². The van der Waals surface area contributed by atoms with E-state index in [0.29, 0.717) is 23.0 Å². The molecule has 132 valence electrons. The molecule has 2 aromatic carbocycles. The lowest BCUT2D eigenvalue weighted by Crippen LogP contribution is -2.03. The predicted molar refractivity (Wildman–Crippen MR) is 101 cm³/mol. The third kappa shape index (κ3) is 4.34. The summed E-state index contributed by atoms with van der Waals surface area (Å²) in [5.74, 6) is 0.472. The molecule has 26 heavy (non-hydrogen) atoms. The standard InChI is InChI=1S/C19H16ClFN4O/c1-11-9-18(23-15-7-8-17(21)16(20)10-15)25-19(22-11)24-14-5-3-13(4-6-14)12(2)26/h3-10H,1-2H3,(H2,22,23,24,25). The first-order valence-electron chi connectivity index (χ1n) is 7.86. The van der Waals surface area contributed by atoms with Crippen molar-refractivity contribution in [2.75, 3.05) is 10.6 Å². The maximum atomic E-state index is 13.3. The first-order chi connectivity index (χ1) is 12.4. The van der Waals surface area contributed by atoms with Gasteiger partial charge >= 0.3 is 0 Å². The van der Waals surface area contributed by atoms with Crippen molar-refractivity contribution in [2.24, 2.45) is 0 Å². The molecule has 5 nitrogen and oxygen atoms in total. The van der Waals surface area contributed by atoms with Crippen LogP contribution in [0.2, 0.25) is 5.02 Å². The summed E-state index contributed by atoms with van der Waals surface area (Å²) >= 11 is 5.80. The fourth-order valence-corrected chi connectivity index (χ4v) is 2.51. The molecule has 1 aromatic heterocycles. The normalized spacial score (nSPS) is 10.5. The van der Waals surface area contributed by atoms with Crippen LogP contribution in [0, 0.1) is 12.7 Å². The molecular weight excluding hydrogens is 355 g/mol. The number of rotatable bonds is 5. The van der Waals surface area contributed by atoms with Crippen LogP contribution in [0.4, 0.5) is 27.5 Å². The molecular formula is C19H16ClFN4O. The van der Waals surface area contributed by atoms with Crippen molar-refractivity contribution in [1.29, 1.82) is 0 Å². The van der Waals surface area contributed by atoms with Gasteiger partial charge in [0.1, 0.15) is 11.6 Å². The first kappa shape index (κ1) is 17.8. The number of nitrogens with one attached hydrogen (secondary N) is 2. The summed E-state index contributed by atoms with van der Waals surface area (Å²) in [7, 11) is 0. The van der Waals surface area contributed by atoms with Crippen molar-refractivity contribution in [3.05, 3.63) is 70.6 Å². The molecule has 1 heterocycles. The molecule has 0 saturated heterocycles. The fourth-order valence-electron chi connectivity index (χ4n) is 2.33. The van der Waals surface area contributed by atoms with Crippen LogP contribution in [-0.4, -0.2) is 15.8 Å². The molecule has 0 aliphatic rings. The zero-order valence-corrected chi connectivity index (χ0v) is 14.9. The van der Waals surface area contributed by atoms with E-state index in [1.54, 1.807) is 36.4 Å². The molecule has 0 spiro atoms. The zero-order valence-electron chi connectivity index (χ0n) is 14.2. The third-order valence-electron chi connectivity index (χ3n) is 3.59. The Balaban J connectivity index is 1.80. The van der Waals surface area contributed by atoms with E-state index in [2.05, 4.69) is 20.6 Å². The summed E-state index contributed by atoms with van der Waals surface area (Å²) in [6.45, 7) is 3.36. The third-order valence-corrected chi connectivity index (χ3v) is 3.88. The summed E-state index contributed by atoms with van der Waals surface area (Å²) in [5, 5.41) is 6.21. The Kier molecular flexibility index (Phi) is 5.14. The van der Waals surface area contributed by atoms with Crippen LogP contribution in [0.15, 0.2) is 48.5 Å². The van der Waals surface area contributed by atoms with Gasteiger partial charge < -0.3 is 10.6 Å². The minimum Gasteiger partial charge on any atom is -0.340 e. The van der Waals surface area contributed by atoms with Gasteiger partial charge in [-0.1, -0.05) is 11.6 Å². The molecule has 2 N–H and O–H groups in total. The molecule has 0 aliphatic carbocycles. The minimum absolute atomic E-state index is 0.00722. The van der Waals surface area contributed by atoms with Crippen LogP contribution in [0.25, 0.3) is 0 Å². The van der Waals surface area contributed by atoms with E-state index < -0.39 is 5.82 Å². The number of carbonyl (C=O) groups excluding carboxylic acids is 1. The minimum atomic E-state index is -0.479. The smallest absolute Gasteiger partial charge is 0.229 e. The maximum absolute atomic E-state index is 13.3. The number of hydrogen-bond donors (Lipinski definition) is 2. The van der Waals surface area contributed by atoms with Gasteiger partial charge in [-0.2, -0.15) is 4.98 Å². The Morgan fingerprint density at radius 2 is 1.69 bits per heavy atom. The van der Waals surface area contributed by atoms with Gasteiger partial charge in [0.15, 0.2) is 5.78 Å². The van der Waals surface area contributed by atoms with Gasteiger partial charge in [-0.05, 0) is 56.3 Å². The van der Waals surface area contributed by atoms with E-state index in [1.807, 2.05) is 6.92 Å². The number of ketones is 1. The van der Waals surface area contributed by atoms with Crippen molar-refractivity contribution in [2.45, 2.75) is 13.8 Å². The Bertz CT molecular complexity index is 960. The molecule has 3 rings (SSSR count). The van der Waals surface area contributed by atoms with Gasteiger partial charge in [-0.3, -0.25) is 4.79 Å². The van der Waals surface area contributed by atoms with Crippen LogP contribution in [0.5, 0.6) is 0 Å². The average Bonchev–Trinajstić information content (AvgIpc) is 2.58. The molecule has 0 saturated carbocycles. The molecule has 0 radical (unpaired) electrons. The molecule has 0 amide bonds. The number of hydrogen-bond acceptors (Lipinski definition) is 5. The number of halogens is 2. The van der Waals surface area contributed by atoms with E-state index in [-0.39, 0.29) is 10.8 Å². The number of Topliss-reactive ketones (excluding diaryl/α,β-unsaturated/α-hetero) is 1. The zero-order chi connectivity index (χ0) is 18.7. The summed E-state index contributed by atoms with van der Waals surface area (Å²) < 4.78 is 13.3. The maximum Gasteiger partial charge on any atom is 0.229 e. The summed E-state index contributed by atoms with van der Waals surface area (Å²) in [5.41, 5.74) is 2.76. The highest BCUT2D eigenvalue weighted by Gasteiger charge is 2.06. The molecule has 0 unspecified atom stereocenters. The fraction of sp³-hybridized carbons (Fsp3) is 0.105. The molecule has 3 aromatic rings. The van der Waals surface area contributed by atoms with Crippen LogP contribution < -0.4 is 10.6 Å². The van der Waals surface area contributed by atoms with Gasteiger partial charge in [-0.15, -0.1) is 0 Å². The van der Waals surface area contributed by atoms with Crippen molar-refractivity contribution in [3.8, 4) is 0 Å². The van der Waals surface area contributed by atoms with Crippen molar-refractivity contribution < 1.29 is 9.18 Å². The van der Waals surface area contributed by atoms with Gasteiger partial charge in [0.2, 0.25) is 5.95 Å². The first-order valence-corrected chi connectivity index (χ1v) is 8.24. The Labute approximate surface area is 155 Å². The second-order valence-corrected chi connectivity index (χ2v) is 6.14. The number of benzene rings is 2. The highest BCUT2D eigenvalue weighted by Crippen LogP contribution is 2.23. The van der Waals surface area contributed by atoms with Gasteiger partial charge in [0.05, 0.1) is 5.02 Å². The van der Waals surface area contributed by atoms with Crippen molar-refractivity contribution in [1.82, 2.24) is 9.97 Å². The van der Waals surface area contributed by atoms with Gasteiger partial charge in [-0.25, -0.2) is 9.37 Å². The highest BCUT2D eigenvalue weighted by molar-refractivity contribution is 6.31. The topological polar surface area (TPSA) is 66.9 Å². The lowest BCUT2D eigenvalue weighted by Gasteiger charge is -2.10. The quantitative estimate of drug-likeness (QED) is 0.599. The van der Waals surface area contributed by atoms with E-state index in [1.165, 1.54) is 19.1 Å². The lowest BCUT2D eigenvalue weighted by molar-refractivity contribution is 0.101. The molecule has 0 atom stereocenters. The Morgan fingerprint density at radius 1 is 1.00 bits per heavy atom. The number of aryl methyl sites for hydroxylation is 1. The summed E-state index contributed by atoms with van der Waals surface area (Å²) in [6, 6.07) is 13.2. The van der Waals surface area contributed by atoms with Crippen LogP contribution in [-0.2, 0) is 0 Å². The Morgan fingerprint density at radius 3 is 2.35 bits per heavy atom. The Hall–Kier alpha value is -2.99. The second kappa shape index (κ2) is 7.49. The molecule has 0 bridgehead atoms. The van der Waals surface area contributed by atoms with Crippen LogP contribution in [0.1, 0.15) is 23.0 Å². The van der Waals surface area contributed by atoms with E-state index in [9.17, 15) is 9.18 Å². The number of anilines is 4. The van der Waals surface area contributed by atoms with Crippen LogP contribution >= 0.6 is 11.6 Å². The second-order valence-electron chi connectivity index (χ2n) is 5.73. The number of aromatic nitrogens is 2. The largest absolute Gasteiger partial charge is 0.340 e. The van der Waals surface area contributed by atoms with Crippen molar-refractivity contribution >= 4 is 40.5 Å². The predicted octanol–water partition coefficient (Wildman–Crippen LogP) is 5.27. The average molecular weight is 371 g/mol. The number of carbonyl (C=O) groups is 1. The van der Waals surface area contributed by atoms with E-state index in [0.717, 1.165) is 11.4 Å². The molecule has 0 aliphatic heterocycles. The summed E-state index contributed by atoms with van der Waals surface area (Å²) in [4.78, 5) is 20.1. The molecule has 0 fully saturated rings. The SMILES string of the molecule is CC(=O)c1ccc(Nc2nc(C)cc(Nc3ccc(F)c(Cl)c3)n2)cc1. The number of nitrogens with zero attached hydrogens (tertiary/aromatic N) is 2. The molecule has 7 heteroatoms. The van der Waals surface area contributed by atoms with Crippen LogP contribution in [0.3, 0.4) is 0 Å². The summed E-state index contributed by atoms with van der Waals surface area (Å²) in [6.07, 6.45) is 0. The highest BCUT2D eigenvalue weighted by atomic mass is 35.5. The van der Waals surface area contributed by atoms with Gasteiger partial charge in [0.25, 0.3) is 0 Å². The van der Waals surface area contributed by atoms with Gasteiger partial charge in [0, 0.05) is 28.7 Å². The van der Waals surface area contributed by atoms with E-state index >= 15 is 0 Å².